The molecule has 1 N–H and O–H groups in total. The number of halogens is 1. The maximum Gasteiger partial charge on any atom is 0.244 e. The molecule has 7 heteroatoms. The first-order chi connectivity index (χ1) is 13.4. The number of nitrogens with one attached hydrogen (secondary N) is 1. The summed E-state index contributed by atoms with van der Waals surface area (Å²) in [5, 5.41) is 6.21. The van der Waals surface area contributed by atoms with Crippen molar-refractivity contribution in [3.8, 4) is 11.3 Å². The van der Waals surface area contributed by atoms with E-state index >= 15 is 0 Å². The molecule has 5 nitrogen and oxygen atoms in total. The van der Waals surface area contributed by atoms with Gasteiger partial charge in [0.1, 0.15) is 0 Å². The number of benzene rings is 2. The summed E-state index contributed by atoms with van der Waals surface area (Å²) < 4.78 is 0. The molecule has 2 aromatic carbocycles. The van der Waals surface area contributed by atoms with Gasteiger partial charge in [-0.05, 0) is 24.6 Å². The standard InChI is InChI=1S/C21H20ClN3O2S/c1-14-23-19(13-28-14)16-9-7-15(8-10-16)11-21(27)25(2)12-20(26)24-18-6-4-3-5-17(18)22/h3-10,13H,11-12H2,1-2H3,(H,24,26). The fourth-order valence-corrected chi connectivity index (χ4v) is 3.46. The quantitative estimate of drug-likeness (QED) is 0.651. The zero-order chi connectivity index (χ0) is 20.1. The number of thiazole rings is 1. The first-order valence-corrected chi connectivity index (χ1v) is 9.98. The maximum atomic E-state index is 12.4. The van der Waals surface area contributed by atoms with E-state index in [2.05, 4.69) is 10.3 Å². The number of rotatable bonds is 6. The fraction of sp³-hybridized carbons (Fsp3) is 0.190. The van der Waals surface area contributed by atoms with Crippen LogP contribution in [-0.4, -0.2) is 35.3 Å². The number of aromatic nitrogens is 1. The van der Waals surface area contributed by atoms with Crippen LogP contribution in [0.5, 0.6) is 0 Å². The van der Waals surface area contributed by atoms with Crippen LogP contribution in [0.1, 0.15) is 10.6 Å². The van der Waals surface area contributed by atoms with Crippen molar-refractivity contribution in [1.82, 2.24) is 9.88 Å². The second-order valence-electron chi connectivity index (χ2n) is 6.40. The Balaban J connectivity index is 1.55. The lowest BCUT2D eigenvalue weighted by Crippen LogP contribution is -2.35. The summed E-state index contributed by atoms with van der Waals surface area (Å²) >= 11 is 7.64. The van der Waals surface area contributed by atoms with Crippen LogP contribution in [0, 0.1) is 6.92 Å². The number of carbonyl (C=O) groups is 2. The highest BCUT2D eigenvalue weighted by atomic mass is 35.5. The molecule has 0 aliphatic carbocycles. The molecule has 0 fully saturated rings. The Morgan fingerprint density at radius 3 is 2.50 bits per heavy atom. The number of nitrogens with zero attached hydrogens (tertiary/aromatic N) is 2. The molecule has 0 atom stereocenters. The van der Waals surface area contributed by atoms with Gasteiger partial charge < -0.3 is 10.2 Å². The van der Waals surface area contributed by atoms with Crippen LogP contribution in [-0.2, 0) is 16.0 Å². The van der Waals surface area contributed by atoms with Crippen molar-refractivity contribution >= 4 is 40.4 Å². The van der Waals surface area contributed by atoms with Gasteiger partial charge in [0.15, 0.2) is 0 Å². The highest BCUT2D eigenvalue weighted by Gasteiger charge is 2.14. The number of hydrogen-bond acceptors (Lipinski definition) is 4. The fourth-order valence-electron chi connectivity index (χ4n) is 2.65. The molecule has 0 saturated carbocycles. The molecule has 3 aromatic rings. The van der Waals surface area contributed by atoms with Gasteiger partial charge in [0.2, 0.25) is 11.8 Å². The Hall–Kier alpha value is -2.70. The van der Waals surface area contributed by atoms with Crippen LogP contribution in [0.4, 0.5) is 5.69 Å². The SMILES string of the molecule is Cc1nc(-c2ccc(CC(=O)N(C)CC(=O)Nc3ccccc3Cl)cc2)cs1. The Labute approximate surface area is 173 Å². The number of aryl methyl sites for hydroxylation is 1. The van der Waals surface area contributed by atoms with Gasteiger partial charge in [0, 0.05) is 18.0 Å². The van der Waals surface area contributed by atoms with Crippen molar-refractivity contribution in [3.05, 3.63) is 69.5 Å². The van der Waals surface area contributed by atoms with Gasteiger partial charge in [0.05, 0.1) is 34.4 Å². The minimum atomic E-state index is -0.293. The molecule has 3 rings (SSSR count). The lowest BCUT2D eigenvalue weighted by atomic mass is 10.1. The van der Waals surface area contributed by atoms with Crippen LogP contribution in [0.15, 0.2) is 53.9 Å². The molecular weight excluding hydrogens is 394 g/mol. The molecule has 144 valence electrons. The summed E-state index contributed by atoms with van der Waals surface area (Å²) in [6.45, 7) is 1.93. The lowest BCUT2D eigenvalue weighted by molar-refractivity contribution is -0.132. The number of para-hydroxylation sites is 1. The van der Waals surface area contributed by atoms with Crippen LogP contribution < -0.4 is 5.32 Å². The largest absolute Gasteiger partial charge is 0.336 e. The number of amides is 2. The van der Waals surface area contributed by atoms with Crippen molar-refractivity contribution in [2.45, 2.75) is 13.3 Å². The van der Waals surface area contributed by atoms with E-state index in [1.165, 1.54) is 4.90 Å². The van der Waals surface area contributed by atoms with Gasteiger partial charge in [-0.15, -0.1) is 11.3 Å². The Morgan fingerprint density at radius 1 is 1.14 bits per heavy atom. The van der Waals surface area contributed by atoms with E-state index in [1.807, 2.05) is 36.6 Å². The van der Waals surface area contributed by atoms with Gasteiger partial charge in [-0.25, -0.2) is 4.98 Å². The highest BCUT2D eigenvalue weighted by molar-refractivity contribution is 7.09. The number of hydrogen-bond donors (Lipinski definition) is 1. The average molecular weight is 414 g/mol. The molecule has 0 aliphatic heterocycles. The summed E-state index contributed by atoms with van der Waals surface area (Å²) in [7, 11) is 1.61. The maximum absolute atomic E-state index is 12.4. The second-order valence-corrected chi connectivity index (χ2v) is 7.87. The summed E-state index contributed by atoms with van der Waals surface area (Å²) in [4.78, 5) is 30.5. The van der Waals surface area contributed by atoms with Gasteiger partial charge in [-0.2, -0.15) is 0 Å². The molecule has 1 aromatic heterocycles. The summed E-state index contributed by atoms with van der Waals surface area (Å²) in [6, 6.07) is 14.7. The smallest absolute Gasteiger partial charge is 0.244 e. The lowest BCUT2D eigenvalue weighted by Gasteiger charge is -2.17. The second kappa shape index (κ2) is 8.99. The normalized spacial score (nSPS) is 10.5. The zero-order valence-corrected chi connectivity index (χ0v) is 17.2. The third-order valence-electron chi connectivity index (χ3n) is 4.18. The molecule has 0 unspecified atom stereocenters. The van der Waals surface area contributed by atoms with Crippen molar-refractivity contribution < 1.29 is 9.59 Å². The third kappa shape index (κ3) is 5.18. The van der Waals surface area contributed by atoms with Crippen LogP contribution in [0.2, 0.25) is 5.02 Å². The van der Waals surface area contributed by atoms with Gasteiger partial charge in [-0.3, -0.25) is 9.59 Å². The highest BCUT2D eigenvalue weighted by Crippen LogP contribution is 2.22. The molecule has 0 saturated heterocycles. The Morgan fingerprint density at radius 2 is 1.86 bits per heavy atom. The van der Waals surface area contributed by atoms with E-state index in [0.717, 1.165) is 21.8 Å². The van der Waals surface area contributed by atoms with E-state index in [0.29, 0.717) is 10.7 Å². The van der Waals surface area contributed by atoms with Crippen LogP contribution in [0.3, 0.4) is 0 Å². The zero-order valence-electron chi connectivity index (χ0n) is 15.6. The molecule has 0 radical (unpaired) electrons. The average Bonchev–Trinajstić information content (AvgIpc) is 3.10. The van der Waals surface area contributed by atoms with Crippen molar-refractivity contribution in [3.63, 3.8) is 0 Å². The predicted molar refractivity (Wildman–Crippen MR) is 114 cm³/mol. The topological polar surface area (TPSA) is 62.3 Å². The first-order valence-electron chi connectivity index (χ1n) is 8.72. The summed E-state index contributed by atoms with van der Waals surface area (Å²) in [5.41, 5.74) is 3.38. The van der Waals surface area contributed by atoms with Gasteiger partial charge in [-0.1, -0.05) is 48.0 Å². The predicted octanol–water partition coefficient (Wildman–Crippen LogP) is 4.41. The molecule has 0 spiro atoms. The molecule has 0 aliphatic rings. The number of carbonyl (C=O) groups excluding carboxylic acids is 2. The molecule has 1 heterocycles. The summed E-state index contributed by atoms with van der Waals surface area (Å²) in [6.07, 6.45) is 0.228. The minimum absolute atomic E-state index is 0.0414. The monoisotopic (exact) mass is 413 g/mol. The van der Waals surface area contributed by atoms with Crippen molar-refractivity contribution in [1.29, 1.82) is 0 Å². The van der Waals surface area contributed by atoms with Crippen molar-refractivity contribution in [2.24, 2.45) is 0 Å². The molecule has 0 bridgehead atoms. The third-order valence-corrected chi connectivity index (χ3v) is 5.28. The van der Waals surface area contributed by atoms with Crippen LogP contribution in [0.25, 0.3) is 11.3 Å². The van der Waals surface area contributed by atoms with E-state index in [4.69, 9.17) is 11.6 Å². The first kappa shape index (κ1) is 20.0. The van der Waals surface area contributed by atoms with Gasteiger partial charge in [0.25, 0.3) is 0 Å². The Kier molecular flexibility index (Phi) is 6.44. The Bertz CT molecular complexity index is 985. The van der Waals surface area contributed by atoms with Crippen molar-refractivity contribution in [2.75, 3.05) is 18.9 Å². The van der Waals surface area contributed by atoms with E-state index in [9.17, 15) is 9.59 Å². The van der Waals surface area contributed by atoms with Crippen LogP contribution >= 0.6 is 22.9 Å². The number of anilines is 1. The number of likely N-dealkylation sites (N-methyl/N-ethyl adjacent to an activating group) is 1. The minimum Gasteiger partial charge on any atom is -0.336 e. The van der Waals surface area contributed by atoms with E-state index in [1.54, 1.807) is 42.6 Å². The van der Waals surface area contributed by atoms with Gasteiger partial charge >= 0.3 is 0 Å². The molecule has 28 heavy (non-hydrogen) atoms. The summed E-state index contributed by atoms with van der Waals surface area (Å²) in [5.74, 6) is -0.426. The molecular formula is C21H20ClN3O2S. The van der Waals surface area contributed by atoms with E-state index in [-0.39, 0.29) is 24.8 Å². The van der Waals surface area contributed by atoms with E-state index < -0.39 is 0 Å². The molecule has 2 amide bonds.